The van der Waals surface area contributed by atoms with Crippen molar-refractivity contribution in [2.24, 2.45) is 0 Å². The van der Waals surface area contributed by atoms with Gasteiger partial charge in [0.2, 0.25) is 0 Å². The number of fused-ring (bicyclic) bond motifs is 1. The molecule has 3 rings (SSSR count). The van der Waals surface area contributed by atoms with Crippen LogP contribution in [0.25, 0.3) is 0 Å². The lowest BCUT2D eigenvalue weighted by Gasteiger charge is -2.15. The Hall–Kier alpha value is -3.01. The van der Waals surface area contributed by atoms with Crippen molar-refractivity contribution in [2.75, 3.05) is 13.2 Å². The lowest BCUT2D eigenvalue weighted by Crippen LogP contribution is -2.33. The first kappa shape index (κ1) is 16.8. The number of hydrogen-bond acceptors (Lipinski definition) is 6. The summed E-state index contributed by atoms with van der Waals surface area (Å²) in [6.07, 6.45) is 0. The number of nitrogens with zero attached hydrogens (tertiary/aromatic N) is 2. The molecule has 0 saturated heterocycles. The number of nitro benzene ring substituents is 1. The van der Waals surface area contributed by atoms with Crippen LogP contribution in [0.15, 0.2) is 47.4 Å². The first-order valence-electron chi connectivity index (χ1n) is 7.05. The molecule has 8 nitrogen and oxygen atoms in total. The molecule has 1 amide bonds. The molecule has 0 aromatic heterocycles. The van der Waals surface area contributed by atoms with Crippen molar-refractivity contribution >= 4 is 21.6 Å². The van der Waals surface area contributed by atoms with Gasteiger partial charge in [-0.25, -0.2) is 17.1 Å². The van der Waals surface area contributed by atoms with E-state index in [4.69, 9.17) is 4.74 Å². The topological polar surface area (TPSA) is 107 Å². The minimum absolute atomic E-state index is 0.0548. The number of nitro groups is 1. The molecule has 25 heavy (non-hydrogen) atoms. The van der Waals surface area contributed by atoms with Gasteiger partial charge in [-0.3, -0.25) is 14.9 Å². The highest BCUT2D eigenvalue weighted by molar-refractivity contribution is 7.90. The average Bonchev–Trinajstić information content (AvgIpc) is 2.76. The van der Waals surface area contributed by atoms with E-state index in [0.717, 1.165) is 18.2 Å². The zero-order chi connectivity index (χ0) is 18.2. The van der Waals surface area contributed by atoms with E-state index in [1.807, 2.05) is 0 Å². The molecule has 0 aliphatic carbocycles. The Kier molecular flexibility index (Phi) is 4.13. The molecule has 130 valence electrons. The van der Waals surface area contributed by atoms with E-state index in [2.05, 4.69) is 0 Å². The molecule has 0 N–H and O–H groups in total. The lowest BCUT2D eigenvalue weighted by molar-refractivity contribution is -0.385. The van der Waals surface area contributed by atoms with Gasteiger partial charge in [0.05, 0.1) is 17.0 Å². The SMILES string of the molecule is O=C1c2ccccc2S(=O)(=O)N1CCOc1cc(F)ccc1[N+](=O)[O-]. The molecule has 0 unspecified atom stereocenters. The number of rotatable bonds is 5. The van der Waals surface area contributed by atoms with Crippen LogP contribution in [0.5, 0.6) is 5.75 Å². The van der Waals surface area contributed by atoms with Gasteiger partial charge in [0, 0.05) is 12.1 Å². The molecule has 0 bridgehead atoms. The highest BCUT2D eigenvalue weighted by atomic mass is 32.2. The molecule has 1 aliphatic rings. The number of carbonyl (C=O) groups excluding carboxylic acids is 1. The Labute approximate surface area is 141 Å². The van der Waals surface area contributed by atoms with Gasteiger partial charge < -0.3 is 4.74 Å². The van der Waals surface area contributed by atoms with Gasteiger partial charge in [-0.15, -0.1) is 0 Å². The van der Waals surface area contributed by atoms with Gasteiger partial charge in [-0.1, -0.05) is 12.1 Å². The van der Waals surface area contributed by atoms with Crippen molar-refractivity contribution in [1.82, 2.24) is 4.31 Å². The molecule has 1 heterocycles. The summed E-state index contributed by atoms with van der Waals surface area (Å²) in [4.78, 5) is 22.3. The Morgan fingerprint density at radius 3 is 2.60 bits per heavy atom. The van der Waals surface area contributed by atoms with E-state index in [1.165, 1.54) is 18.2 Å². The van der Waals surface area contributed by atoms with Crippen LogP contribution in [0, 0.1) is 15.9 Å². The van der Waals surface area contributed by atoms with Gasteiger partial charge in [0.25, 0.3) is 15.9 Å². The number of amides is 1. The van der Waals surface area contributed by atoms with Crippen LogP contribution >= 0.6 is 0 Å². The number of ether oxygens (including phenoxy) is 1. The second kappa shape index (κ2) is 6.13. The monoisotopic (exact) mass is 366 g/mol. The normalized spacial score (nSPS) is 15.1. The molecule has 2 aromatic carbocycles. The Morgan fingerprint density at radius 1 is 1.20 bits per heavy atom. The molecule has 1 aliphatic heterocycles. The van der Waals surface area contributed by atoms with E-state index in [0.29, 0.717) is 4.31 Å². The first-order valence-corrected chi connectivity index (χ1v) is 8.49. The van der Waals surface area contributed by atoms with Crippen molar-refractivity contribution in [1.29, 1.82) is 0 Å². The molecular formula is C15H11FN2O6S. The Morgan fingerprint density at radius 2 is 1.92 bits per heavy atom. The predicted octanol–water partition coefficient (Wildman–Crippen LogP) is 1.96. The molecule has 0 saturated carbocycles. The van der Waals surface area contributed by atoms with Crippen molar-refractivity contribution in [3.8, 4) is 5.75 Å². The Bertz CT molecular complexity index is 976. The summed E-state index contributed by atoms with van der Waals surface area (Å²) in [6.45, 7) is -0.716. The van der Waals surface area contributed by atoms with Gasteiger partial charge in [-0.2, -0.15) is 0 Å². The van der Waals surface area contributed by atoms with Crippen LogP contribution in [0.4, 0.5) is 10.1 Å². The lowest BCUT2D eigenvalue weighted by atomic mass is 10.2. The van der Waals surface area contributed by atoms with Gasteiger partial charge in [0.15, 0.2) is 5.75 Å². The average molecular weight is 366 g/mol. The molecule has 2 aromatic rings. The second-order valence-electron chi connectivity index (χ2n) is 5.10. The van der Waals surface area contributed by atoms with E-state index in [-0.39, 0.29) is 29.4 Å². The number of sulfonamides is 1. The van der Waals surface area contributed by atoms with Gasteiger partial charge in [-0.05, 0) is 18.2 Å². The van der Waals surface area contributed by atoms with Crippen LogP contribution in [-0.2, 0) is 10.0 Å². The third-order valence-corrected chi connectivity index (χ3v) is 5.42. The van der Waals surface area contributed by atoms with E-state index in [9.17, 15) is 27.7 Å². The number of halogens is 1. The molecule has 0 radical (unpaired) electrons. The minimum Gasteiger partial charge on any atom is -0.485 e. The largest absolute Gasteiger partial charge is 0.485 e. The fourth-order valence-corrected chi connectivity index (χ4v) is 4.00. The number of carbonyl (C=O) groups is 1. The van der Waals surface area contributed by atoms with Gasteiger partial charge in [0.1, 0.15) is 17.3 Å². The number of benzene rings is 2. The summed E-state index contributed by atoms with van der Waals surface area (Å²) in [5.74, 6) is -1.78. The summed E-state index contributed by atoms with van der Waals surface area (Å²) in [7, 11) is -3.99. The fourth-order valence-electron chi connectivity index (χ4n) is 2.45. The molecule has 0 spiro atoms. The summed E-state index contributed by atoms with van der Waals surface area (Å²) < 4.78 is 43.7. The van der Waals surface area contributed by atoms with Crippen LogP contribution in [0.2, 0.25) is 0 Å². The second-order valence-corrected chi connectivity index (χ2v) is 6.93. The van der Waals surface area contributed by atoms with Crippen molar-refractivity contribution in [3.63, 3.8) is 0 Å². The third kappa shape index (κ3) is 2.91. The third-order valence-electron chi connectivity index (χ3n) is 3.58. The summed E-state index contributed by atoms with van der Waals surface area (Å²) >= 11 is 0. The van der Waals surface area contributed by atoms with E-state index in [1.54, 1.807) is 6.07 Å². The first-order chi connectivity index (χ1) is 11.8. The molecule has 10 heteroatoms. The van der Waals surface area contributed by atoms with E-state index < -0.39 is 32.4 Å². The highest BCUT2D eigenvalue weighted by Gasteiger charge is 2.40. The maximum absolute atomic E-state index is 13.2. The fraction of sp³-hybridized carbons (Fsp3) is 0.133. The van der Waals surface area contributed by atoms with Crippen molar-refractivity contribution < 1.29 is 27.3 Å². The van der Waals surface area contributed by atoms with Gasteiger partial charge >= 0.3 is 5.69 Å². The maximum Gasteiger partial charge on any atom is 0.311 e. The van der Waals surface area contributed by atoms with Crippen LogP contribution in [0.1, 0.15) is 10.4 Å². The predicted molar refractivity (Wildman–Crippen MR) is 83.2 cm³/mol. The van der Waals surface area contributed by atoms with Crippen molar-refractivity contribution in [3.05, 3.63) is 64.0 Å². The van der Waals surface area contributed by atoms with Crippen LogP contribution in [0.3, 0.4) is 0 Å². The van der Waals surface area contributed by atoms with Crippen LogP contribution in [-0.4, -0.2) is 36.7 Å². The molecule has 0 fully saturated rings. The zero-order valence-corrected chi connectivity index (χ0v) is 13.4. The maximum atomic E-state index is 13.2. The van der Waals surface area contributed by atoms with Crippen LogP contribution < -0.4 is 4.74 Å². The standard InChI is InChI=1S/C15H11FN2O6S/c16-10-5-6-12(18(20)21)13(9-10)24-8-7-17-15(19)11-3-1-2-4-14(11)25(17,22)23/h1-6,9H,7-8H2. The van der Waals surface area contributed by atoms with Crippen molar-refractivity contribution in [2.45, 2.75) is 4.90 Å². The highest BCUT2D eigenvalue weighted by Crippen LogP contribution is 2.30. The molecule has 0 atom stereocenters. The molecular weight excluding hydrogens is 355 g/mol. The Balaban J connectivity index is 1.77. The summed E-state index contributed by atoms with van der Waals surface area (Å²) in [5.41, 5.74) is -0.403. The smallest absolute Gasteiger partial charge is 0.311 e. The number of hydrogen-bond donors (Lipinski definition) is 0. The zero-order valence-electron chi connectivity index (χ0n) is 12.6. The quantitative estimate of drug-likeness (QED) is 0.591. The summed E-state index contributed by atoms with van der Waals surface area (Å²) in [5, 5.41) is 10.9. The summed E-state index contributed by atoms with van der Waals surface area (Å²) in [6, 6.07) is 8.44. The van der Waals surface area contributed by atoms with E-state index >= 15 is 0 Å². The minimum atomic E-state index is -3.99.